The fourth-order valence-electron chi connectivity index (χ4n) is 3.60. The summed E-state index contributed by atoms with van der Waals surface area (Å²) in [5, 5.41) is 3.51. The Labute approximate surface area is 149 Å². The van der Waals surface area contributed by atoms with E-state index in [1.54, 1.807) is 0 Å². The number of aryl methyl sites for hydroxylation is 2. The molecular weight excluding hydrogens is 312 g/mol. The summed E-state index contributed by atoms with van der Waals surface area (Å²) in [6, 6.07) is 9.15. The summed E-state index contributed by atoms with van der Waals surface area (Å²) >= 11 is 0. The summed E-state index contributed by atoms with van der Waals surface area (Å²) in [5.41, 5.74) is 4.07. The molecule has 0 amide bonds. The molecule has 2 atom stereocenters. The second kappa shape index (κ2) is 7.50. The highest BCUT2D eigenvalue weighted by Gasteiger charge is 2.31. The van der Waals surface area contributed by atoms with Gasteiger partial charge < -0.3 is 10.3 Å². The van der Waals surface area contributed by atoms with Gasteiger partial charge in [-0.3, -0.25) is 9.69 Å². The van der Waals surface area contributed by atoms with Crippen molar-refractivity contribution in [3.63, 3.8) is 0 Å². The Balaban J connectivity index is 1.97. The van der Waals surface area contributed by atoms with Crippen LogP contribution in [0.5, 0.6) is 0 Å². The number of piperazine rings is 1. The lowest BCUT2D eigenvalue weighted by Gasteiger charge is -2.41. The minimum atomic E-state index is -0.0250. The Morgan fingerprint density at radius 1 is 1.24 bits per heavy atom. The molecule has 2 N–H and O–H groups in total. The molecule has 134 valence electrons. The van der Waals surface area contributed by atoms with E-state index < -0.39 is 0 Å². The van der Waals surface area contributed by atoms with Crippen molar-refractivity contribution in [2.24, 2.45) is 0 Å². The van der Waals surface area contributed by atoms with Gasteiger partial charge in [-0.25, -0.2) is 4.98 Å². The summed E-state index contributed by atoms with van der Waals surface area (Å²) in [4.78, 5) is 22.4. The molecule has 1 aromatic carbocycles. The zero-order valence-electron chi connectivity index (χ0n) is 15.6. The van der Waals surface area contributed by atoms with E-state index in [4.69, 9.17) is 4.98 Å². The van der Waals surface area contributed by atoms with Gasteiger partial charge in [0.2, 0.25) is 0 Å². The van der Waals surface area contributed by atoms with Crippen molar-refractivity contribution in [2.75, 3.05) is 19.6 Å². The molecule has 0 aliphatic carbocycles. The SMILES string of the molecule is CCC(c1nc(C)c(C)c(=O)[nH]1)N1CCNCC1c1ccc(C)cc1. The number of hydrogen-bond acceptors (Lipinski definition) is 4. The first-order chi connectivity index (χ1) is 12.0. The number of aromatic amines is 1. The van der Waals surface area contributed by atoms with Gasteiger partial charge in [0, 0.05) is 36.9 Å². The van der Waals surface area contributed by atoms with E-state index in [-0.39, 0.29) is 17.6 Å². The lowest BCUT2D eigenvalue weighted by atomic mass is 9.98. The number of benzene rings is 1. The van der Waals surface area contributed by atoms with Gasteiger partial charge in [0.25, 0.3) is 5.56 Å². The standard InChI is InChI=1S/C20H28N4O/c1-5-17(19-22-15(4)14(3)20(25)23-19)24-11-10-21-12-18(24)16-8-6-13(2)7-9-16/h6-9,17-18,21H,5,10-12H2,1-4H3,(H,22,23,25). The third kappa shape index (κ3) is 3.67. The average Bonchev–Trinajstić information content (AvgIpc) is 2.61. The molecule has 0 spiro atoms. The van der Waals surface area contributed by atoms with Crippen molar-refractivity contribution in [1.29, 1.82) is 0 Å². The van der Waals surface area contributed by atoms with Gasteiger partial charge in [0.1, 0.15) is 5.82 Å². The quantitative estimate of drug-likeness (QED) is 0.898. The summed E-state index contributed by atoms with van der Waals surface area (Å²) in [6.45, 7) is 10.8. The molecule has 1 saturated heterocycles. The summed E-state index contributed by atoms with van der Waals surface area (Å²) in [5.74, 6) is 0.787. The first-order valence-corrected chi connectivity index (χ1v) is 9.11. The predicted octanol–water partition coefficient (Wildman–Crippen LogP) is 2.79. The molecule has 5 heteroatoms. The van der Waals surface area contributed by atoms with Crippen molar-refractivity contribution in [2.45, 2.75) is 46.2 Å². The van der Waals surface area contributed by atoms with Crippen molar-refractivity contribution in [1.82, 2.24) is 20.2 Å². The van der Waals surface area contributed by atoms with E-state index >= 15 is 0 Å². The van der Waals surface area contributed by atoms with Crippen LogP contribution in [-0.2, 0) is 0 Å². The monoisotopic (exact) mass is 340 g/mol. The van der Waals surface area contributed by atoms with Gasteiger partial charge in [-0.2, -0.15) is 0 Å². The molecule has 1 aliphatic heterocycles. The Morgan fingerprint density at radius 2 is 1.96 bits per heavy atom. The third-order valence-electron chi connectivity index (χ3n) is 5.26. The third-order valence-corrected chi connectivity index (χ3v) is 5.26. The van der Waals surface area contributed by atoms with Crippen molar-refractivity contribution >= 4 is 0 Å². The average molecular weight is 340 g/mol. The summed E-state index contributed by atoms with van der Waals surface area (Å²) in [6.07, 6.45) is 0.911. The molecule has 0 radical (unpaired) electrons. The summed E-state index contributed by atoms with van der Waals surface area (Å²) in [7, 11) is 0. The highest BCUT2D eigenvalue weighted by molar-refractivity contribution is 5.25. The first kappa shape index (κ1) is 17.8. The minimum absolute atomic E-state index is 0.0250. The van der Waals surface area contributed by atoms with E-state index in [0.29, 0.717) is 5.56 Å². The number of nitrogens with zero attached hydrogens (tertiary/aromatic N) is 2. The smallest absolute Gasteiger partial charge is 0.254 e. The Bertz CT molecular complexity index is 781. The van der Waals surface area contributed by atoms with Gasteiger partial charge >= 0.3 is 0 Å². The van der Waals surface area contributed by atoms with Crippen molar-refractivity contribution in [3.8, 4) is 0 Å². The number of H-pyrrole nitrogens is 1. The van der Waals surface area contributed by atoms with E-state index in [0.717, 1.165) is 37.6 Å². The Hall–Kier alpha value is -1.98. The molecule has 5 nitrogen and oxygen atoms in total. The number of nitrogens with one attached hydrogen (secondary N) is 2. The number of aromatic nitrogens is 2. The van der Waals surface area contributed by atoms with Crippen LogP contribution in [-0.4, -0.2) is 34.5 Å². The molecule has 1 aliphatic rings. The van der Waals surface area contributed by atoms with Crippen molar-refractivity contribution < 1.29 is 0 Å². The molecule has 25 heavy (non-hydrogen) atoms. The Morgan fingerprint density at radius 3 is 2.60 bits per heavy atom. The number of hydrogen-bond donors (Lipinski definition) is 2. The van der Waals surface area contributed by atoms with E-state index in [9.17, 15) is 4.79 Å². The molecule has 1 fully saturated rings. The highest BCUT2D eigenvalue weighted by Crippen LogP contribution is 2.32. The van der Waals surface area contributed by atoms with Crippen LogP contribution in [0.25, 0.3) is 0 Å². The molecule has 3 rings (SSSR count). The van der Waals surface area contributed by atoms with Crippen LogP contribution in [0.3, 0.4) is 0 Å². The zero-order valence-corrected chi connectivity index (χ0v) is 15.6. The van der Waals surface area contributed by atoms with Crippen LogP contribution < -0.4 is 10.9 Å². The first-order valence-electron chi connectivity index (χ1n) is 9.11. The van der Waals surface area contributed by atoms with Crippen LogP contribution in [0.4, 0.5) is 0 Å². The van der Waals surface area contributed by atoms with Crippen molar-refractivity contribution in [3.05, 3.63) is 62.8 Å². The maximum Gasteiger partial charge on any atom is 0.254 e. The molecular formula is C20H28N4O. The maximum absolute atomic E-state index is 12.2. The number of rotatable bonds is 4. The van der Waals surface area contributed by atoms with Crippen LogP contribution in [0.2, 0.25) is 0 Å². The maximum atomic E-state index is 12.2. The highest BCUT2D eigenvalue weighted by atomic mass is 16.1. The Kier molecular flexibility index (Phi) is 5.35. The molecule has 0 bridgehead atoms. The second-order valence-electron chi connectivity index (χ2n) is 6.95. The fraction of sp³-hybridized carbons (Fsp3) is 0.500. The van der Waals surface area contributed by atoms with Crippen LogP contribution >= 0.6 is 0 Å². The van der Waals surface area contributed by atoms with Gasteiger partial charge in [0.15, 0.2) is 0 Å². The lowest BCUT2D eigenvalue weighted by molar-refractivity contribution is 0.0971. The van der Waals surface area contributed by atoms with Crippen LogP contribution in [0, 0.1) is 20.8 Å². The largest absolute Gasteiger partial charge is 0.314 e. The van der Waals surface area contributed by atoms with Gasteiger partial charge in [-0.05, 0) is 32.8 Å². The zero-order chi connectivity index (χ0) is 18.0. The molecule has 2 unspecified atom stereocenters. The molecule has 2 aromatic rings. The molecule has 0 saturated carbocycles. The van der Waals surface area contributed by atoms with Crippen LogP contribution in [0.15, 0.2) is 29.1 Å². The minimum Gasteiger partial charge on any atom is -0.314 e. The van der Waals surface area contributed by atoms with E-state index in [1.165, 1.54) is 11.1 Å². The van der Waals surface area contributed by atoms with Gasteiger partial charge in [0.05, 0.1) is 6.04 Å². The topological polar surface area (TPSA) is 61.0 Å². The summed E-state index contributed by atoms with van der Waals surface area (Å²) < 4.78 is 0. The lowest BCUT2D eigenvalue weighted by Crippen LogP contribution is -2.48. The van der Waals surface area contributed by atoms with Crippen LogP contribution in [0.1, 0.15) is 53.6 Å². The molecule has 1 aromatic heterocycles. The molecule has 2 heterocycles. The normalized spacial score (nSPS) is 19.8. The van der Waals surface area contributed by atoms with Gasteiger partial charge in [-0.15, -0.1) is 0 Å². The predicted molar refractivity (Wildman–Crippen MR) is 101 cm³/mol. The fourth-order valence-corrected chi connectivity index (χ4v) is 3.60. The van der Waals surface area contributed by atoms with Gasteiger partial charge in [-0.1, -0.05) is 36.8 Å². The second-order valence-corrected chi connectivity index (χ2v) is 6.95. The van der Waals surface area contributed by atoms with E-state index in [1.807, 2.05) is 13.8 Å². The van der Waals surface area contributed by atoms with E-state index in [2.05, 4.69) is 53.3 Å².